The molecular weight excluding hydrogens is 224 g/mol. The van der Waals surface area contributed by atoms with Gasteiger partial charge in [-0.05, 0) is 27.2 Å². The lowest BCUT2D eigenvalue weighted by molar-refractivity contribution is 0.0586. The van der Waals surface area contributed by atoms with Crippen LogP contribution >= 0.6 is 0 Å². The van der Waals surface area contributed by atoms with E-state index in [1.165, 1.54) is 0 Å². The van der Waals surface area contributed by atoms with Gasteiger partial charge in [0.1, 0.15) is 5.60 Å². The molecule has 0 radical (unpaired) electrons. The number of carbonyl (C=O) groups is 2. The zero-order chi connectivity index (χ0) is 13.3. The Hall–Kier alpha value is -1.46. The van der Waals surface area contributed by atoms with E-state index in [0.717, 1.165) is 19.3 Å². The smallest absolute Gasteiger partial charge is 0.447 e. The minimum atomic E-state index is -0.900. The fourth-order valence-corrected chi connectivity index (χ4v) is 0.904. The number of hydrogen-bond acceptors (Lipinski definition) is 4. The molecule has 6 nitrogen and oxygen atoms in total. The summed E-state index contributed by atoms with van der Waals surface area (Å²) in [6, 6.07) is 0. The summed E-state index contributed by atoms with van der Waals surface area (Å²) in [5.41, 5.74) is -0.652. The van der Waals surface area contributed by atoms with Crippen LogP contribution in [0.15, 0.2) is 10.2 Å². The second kappa shape index (κ2) is 7.76. The Labute approximate surface area is 101 Å². The summed E-state index contributed by atoms with van der Waals surface area (Å²) in [6.45, 7) is 7.43. The van der Waals surface area contributed by atoms with Gasteiger partial charge in [-0.25, -0.2) is 9.59 Å². The average molecular weight is 244 g/mol. The van der Waals surface area contributed by atoms with Gasteiger partial charge in [0.25, 0.3) is 0 Å². The average Bonchev–Trinajstić information content (AvgIpc) is 2.19. The highest BCUT2D eigenvalue weighted by molar-refractivity contribution is 5.73. The summed E-state index contributed by atoms with van der Waals surface area (Å²) in [5.74, 6) is 0. The quantitative estimate of drug-likeness (QED) is 0.558. The summed E-state index contributed by atoms with van der Waals surface area (Å²) in [5, 5.41) is 6.19. The van der Waals surface area contributed by atoms with Crippen molar-refractivity contribution in [2.75, 3.05) is 6.61 Å². The first-order chi connectivity index (χ1) is 7.85. The highest BCUT2D eigenvalue weighted by atomic mass is 16.6. The van der Waals surface area contributed by atoms with Crippen molar-refractivity contribution in [1.82, 2.24) is 0 Å². The number of nitrogens with zero attached hydrogens (tertiary/aromatic N) is 2. The van der Waals surface area contributed by atoms with Gasteiger partial charge in [-0.3, -0.25) is 0 Å². The van der Waals surface area contributed by atoms with Crippen molar-refractivity contribution in [2.24, 2.45) is 10.2 Å². The van der Waals surface area contributed by atoms with E-state index in [4.69, 9.17) is 9.47 Å². The predicted molar refractivity (Wildman–Crippen MR) is 62.0 cm³/mol. The summed E-state index contributed by atoms with van der Waals surface area (Å²) >= 11 is 0. The van der Waals surface area contributed by atoms with Crippen molar-refractivity contribution in [3.63, 3.8) is 0 Å². The Morgan fingerprint density at radius 1 is 1.06 bits per heavy atom. The fourth-order valence-electron chi connectivity index (χ4n) is 0.904. The van der Waals surface area contributed by atoms with Crippen LogP contribution < -0.4 is 0 Å². The normalized spacial score (nSPS) is 11.5. The van der Waals surface area contributed by atoms with Gasteiger partial charge in [0.05, 0.1) is 6.61 Å². The standard InChI is InChI=1S/C11H20N2O4/c1-5-6-7-8-16-9(14)12-13-10(15)17-11(2,3)4/h5-8H2,1-4H3/b13-12+. The molecule has 0 unspecified atom stereocenters. The summed E-state index contributed by atoms with van der Waals surface area (Å²) < 4.78 is 9.54. The molecule has 0 aromatic carbocycles. The van der Waals surface area contributed by atoms with E-state index in [1.54, 1.807) is 20.8 Å². The summed E-state index contributed by atoms with van der Waals surface area (Å²) in [7, 11) is 0. The lowest BCUT2D eigenvalue weighted by Crippen LogP contribution is -2.21. The molecule has 6 heteroatoms. The van der Waals surface area contributed by atoms with E-state index in [-0.39, 0.29) is 0 Å². The molecule has 0 atom stereocenters. The molecule has 0 heterocycles. The lowest BCUT2D eigenvalue weighted by Gasteiger charge is -2.16. The first-order valence-electron chi connectivity index (χ1n) is 5.66. The summed E-state index contributed by atoms with van der Waals surface area (Å²) in [4.78, 5) is 22.0. The van der Waals surface area contributed by atoms with E-state index in [9.17, 15) is 9.59 Å². The van der Waals surface area contributed by atoms with Crippen molar-refractivity contribution in [2.45, 2.75) is 52.6 Å². The van der Waals surface area contributed by atoms with Gasteiger partial charge in [-0.15, -0.1) is 0 Å². The van der Waals surface area contributed by atoms with Gasteiger partial charge < -0.3 is 9.47 Å². The molecule has 0 saturated carbocycles. The van der Waals surface area contributed by atoms with Crippen LogP contribution in [0.25, 0.3) is 0 Å². The number of ether oxygens (including phenoxy) is 2. The topological polar surface area (TPSA) is 77.3 Å². The second-order valence-corrected chi connectivity index (χ2v) is 4.50. The SMILES string of the molecule is CCCCCOC(=O)/N=N/C(=O)OC(C)(C)C. The van der Waals surface area contributed by atoms with Gasteiger partial charge in [0, 0.05) is 0 Å². The Morgan fingerprint density at radius 2 is 1.65 bits per heavy atom. The number of hydrogen-bond donors (Lipinski definition) is 0. The maximum Gasteiger partial charge on any atom is 0.453 e. The van der Waals surface area contributed by atoms with E-state index in [1.807, 2.05) is 6.92 Å². The predicted octanol–water partition coefficient (Wildman–Crippen LogP) is 3.70. The molecule has 98 valence electrons. The molecule has 0 rings (SSSR count). The Balaban J connectivity index is 3.83. The monoisotopic (exact) mass is 244 g/mol. The van der Waals surface area contributed by atoms with Gasteiger partial charge in [0.2, 0.25) is 0 Å². The Morgan fingerprint density at radius 3 is 2.18 bits per heavy atom. The lowest BCUT2D eigenvalue weighted by atomic mass is 10.2. The largest absolute Gasteiger partial charge is 0.453 e. The van der Waals surface area contributed by atoms with Crippen molar-refractivity contribution in [3.8, 4) is 0 Å². The van der Waals surface area contributed by atoms with Crippen molar-refractivity contribution in [1.29, 1.82) is 0 Å². The van der Waals surface area contributed by atoms with Gasteiger partial charge >= 0.3 is 12.2 Å². The van der Waals surface area contributed by atoms with E-state index in [0.29, 0.717) is 6.61 Å². The highest BCUT2D eigenvalue weighted by Gasteiger charge is 2.16. The molecule has 0 N–H and O–H groups in total. The third kappa shape index (κ3) is 10.8. The van der Waals surface area contributed by atoms with Crippen LogP contribution in [0, 0.1) is 0 Å². The van der Waals surface area contributed by atoms with Crippen molar-refractivity contribution >= 4 is 12.2 Å². The van der Waals surface area contributed by atoms with Gasteiger partial charge in [-0.2, -0.15) is 0 Å². The summed E-state index contributed by atoms with van der Waals surface area (Å²) in [6.07, 6.45) is 1.03. The Kier molecular flexibility index (Phi) is 7.09. The zero-order valence-electron chi connectivity index (χ0n) is 10.9. The molecule has 0 aliphatic rings. The number of unbranched alkanes of at least 4 members (excludes halogenated alkanes) is 2. The number of azo groups is 1. The molecular formula is C11H20N2O4. The van der Waals surface area contributed by atoms with E-state index < -0.39 is 17.8 Å². The zero-order valence-corrected chi connectivity index (χ0v) is 10.9. The molecule has 0 fully saturated rings. The maximum absolute atomic E-state index is 11.0. The van der Waals surface area contributed by atoms with Crippen molar-refractivity contribution in [3.05, 3.63) is 0 Å². The van der Waals surface area contributed by atoms with Crippen LogP contribution in [0.1, 0.15) is 47.0 Å². The molecule has 17 heavy (non-hydrogen) atoms. The Bertz CT molecular complexity index is 282. The number of rotatable bonds is 4. The van der Waals surface area contributed by atoms with Gasteiger partial charge in [0.15, 0.2) is 0 Å². The molecule has 2 amide bonds. The second-order valence-electron chi connectivity index (χ2n) is 4.50. The van der Waals surface area contributed by atoms with Crippen molar-refractivity contribution < 1.29 is 19.1 Å². The third-order valence-corrected chi connectivity index (χ3v) is 1.58. The van der Waals surface area contributed by atoms with E-state index in [2.05, 4.69) is 10.2 Å². The maximum atomic E-state index is 11.0. The van der Waals surface area contributed by atoms with Crippen LogP contribution in [0.4, 0.5) is 9.59 Å². The van der Waals surface area contributed by atoms with Crippen LogP contribution in [0.5, 0.6) is 0 Å². The van der Waals surface area contributed by atoms with Crippen LogP contribution in [-0.2, 0) is 9.47 Å². The minimum absolute atomic E-state index is 0.292. The number of amides is 2. The molecule has 0 aliphatic carbocycles. The molecule has 0 saturated heterocycles. The fraction of sp³-hybridized carbons (Fsp3) is 0.818. The molecule has 0 aromatic rings. The molecule has 0 spiro atoms. The highest BCUT2D eigenvalue weighted by Crippen LogP contribution is 2.08. The number of carbonyl (C=O) groups excluding carboxylic acids is 2. The van der Waals surface area contributed by atoms with Crippen LogP contribution in [0.3, 0.4) is 0 Å². The molecule has 0 bridgehead atoms. The van der Waals surface area contributed by atoms with E-state index >= 15 is 0 Å². The van der Waals surface area contributed by atoms with Crippen LogP contribution in [0.2, 0.25) is 0 Å². The first kappa shape index (κ1) is 15.5. The third-order valence-electron chi connectivity index (χ3n) is 1.58. The first-order valence-corrected chi connectivity index (χ1v) is 5.66. The van der Waals surface area contributed by atoms with Gasteiger partial charge in [-0.1, -0.05) is 30.0 Å². The molecule has 0 aliphatic heterocycles. The minimum Gasteiger partial charge on any atom is -0.447 e. The molecule has 0 aromatic heterocycles. The van der Waals surface area contributed by atoms with Crippen LogP contribution in [-0.4, -0.2) is 24.4 Å².